The summed E-state index contributed by atoms with van der Waals surface area (Å²) < 4.78 is 2.10. The van der Waals surface area contributed by atoms with E-state index in [-0.39, 0.29) is 0 Å². The zero-order valence-corrected chi connectivity index (χ0v) is 21.9. The van der Waals surface area contributed by atoms with E-state index in [0.29, 0.717) is 11.8 Å². The summed E-state index contributed by atoms with van der Waals surface area (Å²) in [4.78, 5) is 18.6. The molecule has 7 aromatic rings. The fourth-order valence-electron chi connectivity index (χ4n) is 5.22. The van der Waals surface area contributed by atoms with Gasteiger partial charge in [-0.3, -0.25) is 4.57 Å². The second kappa shape index (κ2) is 10.0. The number of para-hydroxylation sites is 2. The second-order valence-corrected chi connectivity index (χ2v) is 9.71. The Bertz CT molecular complexity index is 1950. The van der Waals surface area contributed by atoms with Crippen LogP contribution >= 0.6 is 0 Å². The predicted molar refractivity (Wildman–Crippen MR) is 163 cm³/mol. The number of rotatable bonds is 5. The van der Waals surface area contributed by atoms with Crippen LogP contribution in [-0.4, -0.2) is 24.5 Å². The smallest absolute Gasteiger partial charge is 0.234 e. The van der Waals surface area contributed by atoms with E-state index in [1.807, 2.05) is 43.0 Å². The minimum Gasteiger partial charge on any atom is -0.278 e. The summed E-state index contributed by atoms with van der Waals surface area (Å²) in [7, 11) is 0. The number of hydrogen-bond acceptors (Lipinski definition) is 4. The molecule has 5 heteroatoms. The van der Waals surface area contributed by atoms with Crippen molar-refractivity contribution in [3.05, 3.63) is 139 Å². The second-order valence-electron chi connectivity index (χ2n) is 9.71. The molecule has 3 heterocycles. The number of aryl methyl sites for hydroxylation is 1. The van der Waals surface area contributed by atoms with Gasteiger partial charge >= 0.3 is 0 Å². The first-order chi connectivity index (χ1) is 19.8. The van der Waals surface area contributed by atoms with Crippen LogP contribution in [0.5, 0.6) is 0 Å². The zero-order chi connectivity index (χ0) is 26.9. The molecule has 0 saturated carbocycles. The summed E-state index contributed by atoms with van der Waals surface area (Å²) in [5.41, 5.74) is 8.68. The van der Waals surface area contributed by atoms with Crippen LogP contribution in [-0.2, 0) is 0 Å². The van der Waals surface area contributed by atoms with Gasteiger partial charge in [0.2, 0.25) is 5.95 Å². The normalized spacial score (nSPS) is 11.5. The highest BCUT2D eigenvalue weighted by molar-refractivity contribution is 6.08. The Morgan fingerprint density at radius 1 is 0.525 bits per heavy atom. The Morgan fingerprint density at radius 3 is 1.70 bits per heavy atom. The van der Waals surface area contributed by atoms with Crippen molar-refractivity contribution in [3.63, 3.8) is 0 Å². The first-order valence-electron chi connectivity index (χ1n) is 13.2. The van der Waals surface area contributed by atoms with Crippen LogP contribution in [0.2, 0.25) is 0 Å². The third-order valence-corrected chi connectivity index (χ3v) is 7.23. The van der Waals surface area contributed by atoms with E-state index < -0.39 is 0 Å². The predicted octanol–water partition coefficient (Wildman–Crippen LogP) is 8.18. The molecule has 0 spiro atoms. The number of hydrogen-bond donors (Lipinski definition) is 0. The number of benzene rings is 4. The molecular weight excluding hydrogens is 490 g/mol. The van der Waals surface area contributed by atoms with Crippen molar-refractivity contribution in [2.75, 3.05) is 0 Å². The van der Waals surface area contributed by atoms with E-state index in [2.05, 4.69) is 112 Å². The van der Waals surface area contributed by atoms with Gasteiger partial charge < -0.3 is 0 Å². The standard InChI is InChI=1S/C35H25N5/c1-24-10-2-4-12-28(24)29-13-5-3-11-25(29)18-19-34-36-20-26(21-37-34)27-22-38-35(39-23-27)40-32-16-8-6-14-30(32)31-15-7-9-17-33(31)40/h2-23H,1H3/b19-18+. The van der Waals surface area contributed by atoms with E-state index in [4.69, 9.17) is 9.97 Å². The summed E-state index contributed by atoms with van der Waals surface area (Å²) in [5.74, 6) is 1.28. The quantitative estimate of drug-likeness (QED) is 0.232. The van der Waals surface area contributed by atoms with Gasteiger partial charge in [-0.25, -0.2) is 19.9 Å². The lowest BCUT2D eigenvalue weighted by Gasteiger charge is -2.09. The molecule has 0 saturated heterocycles. The molecule has 0 fully saturated rings. The van der Waals surface area contributed by atoms with Gasteiger partial charge in [-0.2, -0.15) is 0 Å². The first kappa shape index (κ1) is 23.7. The lowest BCUT2D eigenvalue weighted by Crippen LogP contribution is -2.00. The van der Waals surface area contributed by atoms with Crippen molar-refractivity contribution < 1.29 is 0 Å². The molecular formula is C35H25N5. The van der Waals surface area contributed by atoms with Crippen molar-refractivity contribution in [3.8, 4) is 28.2 Å². The number of aromatic nitrogens is 5. The van der Waals surface area contributed by atoms with Crippen molar-refractivity contribution in [2.24, 2.45) is 0 Å². The van der Waals surface area contributed by atoms with Gasteiger partial charge in [0, 0.05) is 46.7 Å². The van der Waals surface area contributed by atoms with Crippen molar-refractivity contribution in [1.29, 1.82) is 0 Å². The Labute approximate surface area is 232 Å². The molecule has 0 bridgehead atoms. The van der Waals surface area contributed by atoms with Crippen LogP contribution < -0.4 is 0 Å². The van der Waals surface area contributed by atoms with Crippen LogP contribution in [0.1, 0.15) is 17.0 Å². The Hall–Kier alpha value is -5.42. The Kier molecular flexibility index (Phi) is 5.94. The van der Waals surface area contributed by atoms with Crippen molar-refractivity contribution in [1.82, 2.24) is 24.5 Å². The molecule has 7 rings (SSSR count). The maximum Gasteiger partial charge on any atom is 0.234 e. The molecule has 0 aliphatic heterocycles. The number of nitrogens with zero attached hydrogens (tertiary/aromatic N) is 5. The summed E-state index contributed by atoms with van der Waals surface area (Å²) in [6, 6.07) is 33.5. The molecule has 0 atom stereocenters. The highest BCUT2D eigenvalue weighted by Crippen LogP contribution is 2.31. The lowest BCUT2D eigenvalue weighted by molar-refractivity contribution is 0.989. The largest absolute Gasteiger partial charge is 0.278 e. The lowest BCUT2D eigenvalue weighted by atomic mass is 9.96. The van der Waals surface area contributed by atoms with Gasteiger partial charge in [-0.1, -0.05) is 91.0 Å². The molecule has 0 amide bonds. The zero-order valence-electron chi connectivity index (χ0n) is 21.9. The van der Waals surface area contributed by atoms with E-state index in [9.17, 15) is 0 Å². The minimum atomic E-state index is 0.633. The van der Waals surface area contributed by atoms with Crippen LogP contribution in [0.25, 0.3) is 62.2 Å². The minimum absolute atomic E-state index is 0.633. The Balaban J connectivity index is 1.16. The summed E-state index contributed by atoms with van der Waals surface area (Å²) in [5, 5.41) is 2.37. The van der Waals surface area contributed by atoms with Crippen LogP contribution in [0.4, 0.5) is 0 Å². The molecule has 40 heavy (non-hydrogen) atoms. The third-order valence-electron chi connectivity index (χ3n) is 7.23. The van der Waals surface area contributed by atoms with Gasteiger partial charge in [0.15, 0.2) is 5.82 Å². The topological polar surface area (TPSA) is 56.5 Å². The van der Waals surface area contributed by atoms with E-state index in [0.717, 1.165) is 27.7 Å². The molecule has 5 nitrogen and oxygen atoms in total. The fourth-order valence-corrected chi connectivity index (χ4v) is 5.22. The average Bonchev–Trinajstić information content (AvgIpc) is 3.35. The van der Waals surface area contributed by atoms with E-state index in [1.165, 1.54) is 27.5 Å². The van der Waals surface area contributed by atoms with Gasteiger partial charge in [0.25, 0.3) is 0 Å². The van der Waals surface area contributed by atoms with Crippen molar-refractivity contribution in [2.45, 2.75) is 6.92 Å². The van der Waals surface area contributed by atoms with Gasteiger partial charge in [-0.05, 0) is 47.4 Å². The molecule has 0 unspecified atom stereocenters. The van der Waals surface area contributed by atoms with Crippen LogP contribution in [0.3, 0.4) is 0 Å². The van der Waals surface area contributed by atoms with Gasteiger partial charge in [0.1, 0.15) is 0 Å². The molecule has 0 N–H and O–H groups in total. The molecule has 0 aliphatic carbocycles. The molecule has 0 radical (unpaired) electrons. The monoisotopic (exact) mass is 515 g/mol. The van der Waals surface area contributed by atoms with Crippen LogP contribution in [0, 0.1) is 6.92 Å². The average molecular weight is 516 g/mol. The summed E-state index contributed by atoms with van der Waals surface area (Å²) in [6.45, 7) is 2.14. The highest BCUT2D eigenvalue weighted by atomic mass is 15.1. The maximum absolute atomic E-state index is 4.72. The summed E-state index contributed by atoms with van der Waals surface area (Å²) >= 11 is 0. The number of fused-ring (bicyclic) bond motifs is 3. The van der Waals surface area contributed by atoms with E-state index >= 15 is 0 Å². The maximum atomic E-state index is 4.72. The molecule has 3 aromatic heterocycles. The molecule has 190 valence electrons. The Morgan fingerprint density at radius 2 is 1.05 bits per heavy atom. The van der Waals surface area contributed by atoms with Crippen LogP contribution in [0.15, 0.2) is 122 Å². The summed E-state index contributed by atoms with van der Waals surface area (Å²) in [6.07, 6.45) is 11.3. The van der Waals surface area contributed by atoms with E-state index in [1.54, 1.807) is 0 Å². The molecule has 0 aliphatic rings. The third kappa shape index (κ3) is 4.24. The fraction of sp³-hybridized carbons (Fsp3) is 0.0286. The first-order valence-corrected chi connectivity index (χ1v) is 13.2. The molecule has 4 aromatic carbocycles. The highest BCUT2D eigenvalue weighted by Gasteiger charge is 2.13. The van der Waals surface area contributed by atoms with Crippen molar-refractivity contribution >= 4 is 34.0 Å². The van der Waals surface area contributed by atoms with Gasteiger partial charge in [0.05, 0.1) is 11.0 Å². The van der Waals surface area contributed by atoms with Gasteiger partial charge in [-0.15, -0.1) is 0 Å². The SMILES string of the molecule is Cc1ccccc1-c1ccccc1/C=C/c1ncc(-c2cnc(-n3c4ccccc4c4ccccc43)nc2)cn1.